The molecule has 0 bridgehead atoms. The van der Waals surface area contributed by atoms with Gasteiger partial charge in [0.2, 0.25) is 5.75 Å². The first kappa shape index (κ1) is 14.3. The van der Waals surface area contributed by atoms with Gasteiger partial charge in [-0.3, -0.25) is 0 Å². The van der Waals surface area contributed by atoms with Crippen molar-refractivity contribution < 1.29 is 17.9 Å². The maximum atomic E-state index is 12.1. The number of rotatable bonds is 5. The van der Waals surface area contributed by atoms with Crippen LogP contribution in [0.3, 0.4) is 0 Å². The van der Waals surface area contributed by atoms with Gasteiger partial charge in [0, 0.05) is 13.6 Å². The summed E-state index contributed by atoms with van der Waals surface area (Å²) in [5, 5.41) is 0. The molecule has 102 valence electrons. The summed E-state index contributed by atoms with van der Waals surface area (Å²) in [6, 6.07) is 0. The molecule has 6 nitrogen and oxygen atoms in total. The summed E-state index contributed by atoms with van der Waals surface area (Å²) in [4.78, 5) is 9.01. The lowest BCUT2D eigenvalue weighted by atomic mass is 10.3. The fourth-order valence-corrected chi connectivity index (χ4v) is 1.33. The maximum Gasteiger partial charge on any atom is 0.390 e. The molecule has 0 atom stereocenters. The smallest absolute Gasteiger partial charge is 0.390 e. The van der Waals surface area contributed by atoms with Gasteiger partial charge in [0.15, 0.2) is 11.6 Å². The number of hydrogen-bond acceptors (Lipinski definition) is 6. The SMILES string of the molecule is COc1c(NN)ncnc1N(C)CCC(F)(F)F. The van der Waals surface area contributed by atoms with Crippen LogP contribution in [0.2, 0.25) is 0 Å². The zero-order valence-electron chi connectivity index (χ0n) is 9.95. The topological polar surface area (TPSA) is 76.3 Å². The van der Waals surface area contributed by atoms with Gasteiger partial charge in [0.1, 0.15) is 6.33 Å². The van der Waals surface area contributed by atoms with Gasteiger partial charge in [-0.2, -0.15) is 13.2 Å². The van der Waals surface area contributed by atoms with Crippen LogP contribution in [0.25, 0.3) is 0 Å². The molecule has 1 heterocycles. The van der Waals surface area contributed by atoms with Crippen molar-refractivity contribution in [3.8, 4) is 5.75 Å². The zero-order chi connectivity index (χ0) is 13.8. The first-order valence-electron chi connectivity index (χ1n) is 5.02. The molecule has 0 fully saturated rings. The molecule has 0 saturated carbocycles. The Labute approximate surface area is 102 Å². The molecular weight excluding hydrogens is 251 g/mol. The average molecular weight is 265 g/mol. The number of hydrazine groups is 1. The van der Waals surface area contributed by atoms with Gasteiger partial charge in [-0.05, 0) is 0 Å². The molecular formula is C9H14F3N5O. The normalized spacial score (nSPS) is 11.2. The van der Waals surface area contributed by atoms with Crippen molar-refractivity contribution in [1.82, 2.24) is 9.97 Å². The van der Waals surface area contributed by atoms with Gasteiger partial charge in [0.05, 0.1) is 13.5 Å². The first-order chi connectivity index (χ1) is 8.39. The zero-order valence-corrected chi connectivity index (χ0v) is 9.95. The van der Waals surface area contributed by atoms with E-state index in [0.29, 0.717) is 0 Å². The Morgan fingerprint density at radius 3 is 2.61 bits per heavy atom. The number of aromatic nitrogens is 2. The molecule has 0 unspecified atom stereocenters. The molecule has 0 saturated heterocycles. The molecule has 0 aliphatic carbocycles. The molecule has 0 aromatic carbocycles. The van der Waals surface area contributed by atoms with Crippen LogP contribution in [0, 0.1) is 0 Å². The third-order valence-electron chi connectivity index (χ3n) is 2.22. The average Bonchev–Trinajstić information content (AvgIpc) is 2.33. The second kappa shape index (κ2) is 5.71. The molecule has 3 N–H and O–H groups in total. The molecule has 0 aliphatic heterocycles. The number of alkyl halides is 3. The Hall–Kier alpha value is -1.77. The maximum absolute atomic E-state index is 12.1. The molecule has 9 heteroatoms. The highest BCUT2D eigenvalue weighted by atomic mass is 19.4. The monoisotopic (exact) mass is 265 g/mol. The predicted octanol–water partition coefficient (Wildman–Crippen LogP) is 1.16. The van der Waals surface area contributed by atoms with Crippen molar-refractivity contribution in [3.63, 3.8) is 0 Å². The van der Waals surface area contributed by atoms with Crippen LogP contribution in [0.1, 0.15) is 6.42 Å². The van der Waals surface area contributed by atoms with Crippen LogP contribution in [0.15, 0.2) is 6.33 Å². The lowest BCUT2D eigenvalue weighted by molar-refractivity contribution is -0.132. The molecule has 0 spiro atoms. The Bertz CT molecular complexity index is 398. The summed E-state index contributed by atoms with van der Waals surface area (Å²) in [6.45, 7) is -0.235. The van der Waals surface area contributed by atoms with Gasteiger partial charge < -0.3 is 15.1 Å². The lowest BCUT2D eigenvalue weighted by Crippen LogP contribution is -2.25. The molecule has 1 rings (SSSR count). The van der Waals surface area contributed by atoms with Crippen molar-refractivity contribution in [2.45, 2.75) is 12.6 Å². The van der Waals surface area contributed by atoms with Crippen LogP contribution < -0.4 is 20.9 Å². The van der Waals surface area contributed by atoms with E-state index in [1.54, 1.807) is 0 Å². The molecule has 1 aromatic rings. The third-order valence-corrected chi connectivity index (χ3v) is 2.22. The summed E-state index contributed by atoms with van der Waals surface area (Å²) in [6.07, 6.45) is -3.97. The minimum atomic E-state index is -4.22. The molecule has 18 heavy (non-hydrogen) atoms. The predicted molar refractivity (Wildman–Crippen MR) is 60.3 cm³/mol. The number of anilines is 2. The van der Waals surface area contributed by atoms with E-state index in [9.17, 15) is 13.2 Å². The van der Waals surface area contributed by atoms with E-state index in [4.69, 9.17) is 10.6 Å². The summed E-state index contributed by atoms with van der Waals surface area (Å²) in [7, 11) is 2.84. The van der Waals surface area contributed by atoms with Crippen LogP contribution >= 0.6 is 0 Å². The highest BCUT2D eigenvalue weighted by molar-refractivity contribution is 5.63. The summed E-state index contributed by atoms with van der Waals surface area (Å²) >= 11 is 0. The third kappa shape index (κ3) is 3.62. The van der Waals surface area contributed by atoms with E-state index in [-0.39, 0.29) is 23.9 Å². The fourth-order valence-electron chi connectivity index (χ4n) is 1.33. The van der Waals surface area contributed by atoms with Crippen molar-refractivity contribution in [2.24, 2.45) is 5.84 Å². The number of nitrogens with two attached hydrogens (primary N) is 1. The van der Waals surface area contributed by atoms with E-state index >= 15 is 0 Å². The van der Waals surface area contributed by atoms with E-state index in [1.165, 1.54) is 25.4 Å². The van der Waals surface area contributed by atoms with Crippen LogP contribution in [-0.2, 0) is 0 Å². The van der Waals surface area contributed by atoms with Gasteiger partial charge in [-0.25, -0.2) is 15.8 Å². The van der Waals surface area contributed by atoms with Crippen LogP contribution in [0.5, 0.6) is 5.75 Å². The van der Waals surface area contributed by atoms with Gasteiger partial charge in [-0.1, -0.05) is 0 Å². The van der Waals surface area contributed by atoms with Crippen LogP contribution in [0.4, 0.5) is 24.8 Å². The van der Waals surface area contributed by atoms with Crippen LogP contribution in [-0.4, -0.2) is 36.8 Å². The quantitative estimate of drug-likeness (QED) is 0.614. The van der Waals surface area contributed by atoms with Gasteiger partial charge in [0.25, 0.3) is 0 Å². The number of nitrogens with one attached hydrogen (secondary N) is 1. The Balaban J connectivity index is 2.88. The molecule has 0 radical (unpaired) electrons. The molecule has 0 amide bonds. The Morgan fingerprint density at radius 2 is 2.11 bits per heavy atom. The molecule has 0 aliphatic rings. The Morgan fingerprint density at radius 1 is 1.44 bits per heavy atom. The standard InChI is InChI=1S/C9H14F3N5O/c1-17(4-3-9(10,11)12)8-6(18-2)7(16-13)14-5-15-8/h5H,3-4,13H2,1-2H3,(H,14,15,16). The Kier molecular flexibility index (Phi) is 4.54. The number of hydrogen-bond donors (Lipinski definition) is 2. The second-order valence-corrected chi connectivity index (χ2v) is 3.51. The van der Waals surface area contributed by atoms with Crippen molar-refractivity contribution in [1.29, 1.82) is 0 Å². The minimum absolute atomic E-state index is 0.199. The highest BCUT2D eigenvalue weighted by Crippen LogP contribution is 2.31. The number of halogens is 3. The van der Waals surface area contributed by atoms with Crippen molar-refractivity contribution >= 4 is 11.6 Å². The first-order valence-corrected chi connectivity index (χ1v) is 5.02. The van der Waals surface area contributed by atoms with E-state index in [1.807, 2.05) is 0 Å². The largest absolute Gasteiger partial charge is 0.490 e. The van der Waals surface area contributed by atoms with E-state index in [0.717, 1.165) is 0 Å². The minimum Gasteiger partial charge on any atom is -0.490 e. The number of ether oxygens (including phenoxy) is 1. The summed E-state index contributed by atoms with van der Waals surface area (Å²) < 4.78 is 41.4. The molecule has 1 aromatic heterocycles. The van der Waals surface area contributed by atoms with E-state index in [2.05, 4.69) is 15.4 Å². The number of nitrogen functional groups attached to an aromatic ring is 1. The summed E-state index contributed by atoms with van der Waals surface area (Å²) in [5.74, 6) is 5.87. The highest BCUT2D eigenvalue weighted by Gasteiger charge is 2.28. The summed E-state index contributed by atoms with van der Waals surface area (Å²) in [5.41, 5.74) is 2.29. The fraction of sp³-hybridized carbons (Fsp3) is 0.556. The van der Waals surface area contributed by atoms with Crippen molar-refractivity contribution in [2.75, 3.05) is 31.0 Å². The van der Waals surface area contributed by atoms with Gasteiger partial charge >= 0.3 is 6.18 Å². The van der Waals surface area contributed by atoms with Crippen molar-refractivity contribution in [3.05, 3.63) is 6.33 Å². The number of nitrogens with zero attached hydrogens (tertiary/aromatic N) is 3. The second-order valence-electron chi connectivity index (χ2n) is 3.51. The number of methoxy groups -OCH3 is 1. The van der Waals surface area contributed by atoms with E-state index < -0.39 is 12.6 Å². The lowest BCUT2D eigenvalue weighted by Gasteiger charge is -2.21. The van der Waals surface area contributed by atoms with Gasteiger partial charge in [-0.15, -0.1) is 0 Å².